The fourth-order valence-corrected chi connectivity index (χ4v) is 4.13. The van der Waals surface area contributed by atoms with E-state index in [-0.39, 0.29) is 30.1 Å². The van der Waals surface area contributed by atoms with Crippen molar-refractivity contribution in [1.82, 2.24) is 0 Å². The molecule has 0 unspecified atom stereocenters. The quantitative estimate of drug-likeness (QED) is 0.301. The monoisotopic (exact) mass is 467 g/mol. The Balaban J connectivity index is 1.49. The minimum Gasteiger partial charge on any atom is -0.497 e. The van der Waals surface area contributed by atoms with Gasteiger partial charge in [0.1, 0.15) is 23.9 Å². The molecule has 1 amide bonds. The van der Waals surface area contributed by atoms with Crippen LogP contribution in [0.5, 0.6) is 11.5 Å². The summed E-state index contributed by atoms with van der Waals surface area (Å²) in [5, 5.41) is -0.468. The van der Waals surface area contributed by atoms with Gasteiger partial charge in [0.15, 0.2) is 0 Å². The Morgan fingerprint density at radius 3 is 2.21 bits per heavy atom. The number of rotatable bonds is 9. The van der Waals surface area contributed by atoms with Crippen LogP contribution in [0.2, 0.25) is 0 Å². The van der Waals surface area contributed by atoms with Crippen molar-refractivity contribution >= 4 is 28.4 Å². The molecule has 33 heavy (non-hydrogen) atoms. The van der Waals surface area contributed by atoms with Crippen LogP contribution in [0.1, 0.15) is 30.0 Å². The first-order valence-electron chi connectivity index (χ1n) is 10.6. The summed E-state index contributed by atoms with van der Waals surface area (Å²) in [7, 11) is 1.62. The Morgan fingerprint density at radius 2 is 1.61 bits per heavy atom. The zero-order valence-corrected chi connectivity index (χ0v) is 18.8. The van der Waals surface area contributed by atoms with Crippen LogP contribution < -0.4 is 14.4 Å². The Morgan fingerprint density at radius 1 is 0.970 bits per heavy atom. The van der Waals surface area contributed by atoms with Gasteiger partial charge >= 0.3 is 0 Å². The summed E-state index contributed by atoms with van der Waals surface area (Å²) < 4.78 is 24.4. The highest BCUT2D eigenvalue weighted by molar-refractivity contribution is 6.63. The lowest BCUT2D eigenvalue weighted by Crippen LogP contribution is -2.55. The predicted molar refractivity (Wildman–Crippen MR) is 124 cm³/mol. The van der Waals surface area contributed by atoms with Crippen molar-refractivity contribution in [2.45, 2.75) is 25.5 Å². The summed E-state index contributed by atoms with van der Waals surface area (Å²) in [6.45, 7) is 0.410. The van der Waals surface area contributed by atoms with Crippen LogP contribution in [0.15, 0.2) is 72.8 Å². The van der Waals surface area contributed by atoms with E-state index in [0.717, 1.165) is 16.9 Å². The third-order valence-corrected chi connectivity index (χ3v) is 5.95. The number of anilines is 1. The van der Waals surface area contributed by atoms with E-state index in [0.29, 0.717) is 24.5 Å². The van der Waals surface area contributed by atoms with Crippen molar-refractivity contribution in [2.24, 2.45) is 5.92 Å². The molecule has 1 heterocycles. The van der Waals surface area contributed by atoms with Crippen LogP contribution in [0, 0.1) is 11.7 Å². The lowest BCUT2D eigenvalue weighted by Gasteiger charge is -2.47. The summed E-state index contributed by atoms with van der Waals surface area (Å²) in [5.41, 5.74) is 2.53. The standard InChI is InChI=1S/C26H23ClFNO4/c1-32-21-10-2-17(3-11-21)16-33-22-12-4-18(5-13-22)25-23(14-15-24(27)30)26(31)29(25)20-8-6-19(28)7-9-20/h2-13,23,25H,14-16H2,1H3/t23-,25-/m1/s1. The zero-order valence-electron chi connectivity index (χ0n) is 18.0. The summed E-state index contributed by atoms with van der Waals surface area (Å²) in [6, 6.07) is 20.7. The Kier molecular flexibility index (Phi) is 6.94. The second-order valence-corrected chi connectivity index (χ2v) is 8.26. The van der Waals surface area contributed by atoms with Crippen LogP contribution in [0.3, 0.4) is 0 Å². The largest absolute Gasteiger partial charge is 0.497 e. The average Bonchev–Trinajstić information content (AvgIpc) is 2.83. The lowest BCUT2D eigenvalue weighted by molar-refractivity contribution is -0.131. The highest BCUT2D eigenvalue weighted by Crippen LogP contribution is 2.45. The van der Waals surface area contributed by atoms with Gasteiger partial charge in [-0.05, 0) is 77.7 Å². The fourth-order valence-electron chi connectivity index (χ4n) is 4.02. The van der Waals surface area contributed by atoms with Gasteiger partial charge in [0.2, 0.25) is 11.1 Å². The highest BCUT2D eigenvalue weighted by Gasteiger charge is 2.48. The van der Waals surface area contributed by atoms with Crippen molar-refractivity contribution in [1.29, 1.82) is 0 Å². The number of carbonyl (C=O) groups is 2. The normalized spacial score (nSPS) is 17.4. The molecule has 5 nitrogen and oxygen atoms in total. The van der Waals surface area contributed by atoms with E-state index < -0.39 is 5.24 Å². The topological polar surface area (TPSA) is 55.8 Å². The fraction of sp³-hybridized carbons (Fsp3) is 0.231. The van der Waals surface area contributed by atoms with Gasteiger partial charge in [0, 0.05) is 12.1 Å². The van der Waals surface area contributed by atoms with Crippen molar-refractivity contribution in [3.63, 3.8) is 0 Å². The molecular weight excluding hydrogens is 445 g/mol. The highest BCUT2D eigenvalue weighted by atomic mass is 35.5. The number of amides is 1. The minimum atomic E-state index is -0.468. The molecule has 2 atom stereocenters. The second kappa shape index (κ2) is 10.0. The van der Waals surface area contributed by atoms with E-state index in [4.69, 9.17) is 21.1 Å². The summed E-state index contributed by atoms with van der Waals surface area (Å²) in [5.74, 6) is 0.634. The Hall–Kier alpha value is -3.38. The predicted octanol–water partition coefficient (Wildman–Crippen LogP) is 5.66. The molecule has 0 radical (unpaired) electrons. The van der Waals surface area contributed by atoms with E-state index in [9.17, 15) is 14.0 Å². The number of hydrogen-bond acceptors (Lipinski definition) is 4. The molecule has 1 aliphatic rings. The maximum atomic E-state index is 13.4. The van der Waals surface area contributed by atoms with Crippen LogP contribution in [0.4, 0.5) is 10.1 Å². The molecule has 0 aromatic heterocycles. The number of carbonyl (C=O) groups excluding carboxylic acids is 2. The summed E-state index contributed by atoms with van der Waals surface area (Å²) in [4.78, 5) is 25.8. The second-order valence-electron chi connectivity index (χ2n) is 7.84. The van der Waals surface area contributed by atoms with Crippen molar-refractivity contribution < 1.29 is 23.5 Å². The van der Waals surface area contributed by atoms with Crippen molar-refractivity contribution in [2.75, 3.05) is 12.0 Å². The first-order chi connectivity index (χ1) is 16.0. The molecule has 1 fully saturated rings. The van der Waals surface area contributed by atoms with Crippen LogP contribution in [-0.4, -0.2) is 18.3 Å². The van der Waals surface area contributed by atoms with E-state index in [2.05, 4.69) is 0 Å². The third kappa shape index (κ3) is 5.17. The van der Waals surface area contributed by atoms with Gasteiger partial charge < -0.3 is 14.4 Å². The van der Waals surface area contributed by atoms with Gasteiger partial charge in [0.05, 0.1) is 19.1 Å². The van der Waals surface area contributed by atoms with Gasteiger partial charge in [-0.1, -0.05) is 24.3 Å². The number of halogens is 2. The molecule has 1 saturated heterocycles. The molecule has 3 aromatic rings. The maximum Gasteiger partial charge on any atom is 0.233 e. The summed E-state index contributed by atoms with van der Waals surface area (Å²) in [6.07, 6.45) is 0.480. The number of ether oxygens (including phenoxy) is 2. The first kappa shape index (κ1) is 22.8. The van der Waals surface area contributed by atoms with Crippen molar-refractivity contribution in [3.05, 3.63) is 89.7 Å². The molecule has 7 heteroatoms. The molecule has 1 aliphatic heterocycles. The average molecular weight is 468 g/mol. The number of hydrogen-bond donors (Lipinski definition) is 0. The van der Waals surface area contributed by atoms with E-state index in [1.54, 1.807) is 24.1 Å². The molecule has 0 saturated carbocycles. The molecule has 0 aliphatic carbocycles. The van der Waals surface area contributed by atoms with E-state index in [1.807, 2.05) is 48.5 Å². The maximum absolute atomic E-state index is 13.4. The minimum absolute atomic E-state index is 0.107. The molecule has 170 valence electrons. The molecule has 4 rings (SSSR count). The molecule has 3 aromatic carbocycles. The molecule has 0 bridgehead atoms. The Bertz CT molecular complexity index is 1120. The third-order valence-electron chi connectivity index (χ3n) is 5.76. The van der Waals surface area contributed by atoms with Crippen LogP contribution in [0.25, 0.3) is 0 Å². The number of β-lactam (4-membered cyclic amide) rings is 1. The van der Waals surface area contributed by atoms with Gasteiger partial charge in [-0.25, -0.2) is 4.39 Å². The van der Waals surface area contributed by atoms with Gasteiger partial charge in [-0.2, -0.15) is 0 Å². The number of methoxy groups -OCH3 is 1. The Labute approximate surface area is 196 Å². The SMILES string of the molecule is COc1ccc(COc2ccc([C@@H]3[C@@H](CCC(=O)Cl)C(=O)N3c3ccc(F)cc3)cc2)cc1. The molecule has 0 spiro atoms. The number of benzene rings is 3. The first-order valence-corrected chi connectivity index (χ1v) is 11.0. The zero-order chi connectivity index (χ0) is 23.4. The van der Waals surface area contributed by atoms with Gasteiger partial charge in [-0.15, -0.1) is 0 Å². The smallest absolute Gasteiger partial charge is 0.233 e. The van der Waals surface area contributed by atoms with Gasteiger partial charge in [0.25, 0.3) is 0 Å². The van der Waals surface area contributed by atoms with Gasteiger partial charge in [-0.3, -0.25) is 9.59 Å². The summed E-state index contributed by atoms with van der Waals surface area (Å²) >= 11 is 5.51. The van der Waals surface area contributed by atoms with Crippen molar-refractivity contribution in [3.8, 4) is 11.5 Å². The number of nitrogens with zero attached hydrogens (tertiary/aromatic N) is 1. The van der Waals surface area contributed by atoms with Crippen LogP contribution in [-0.2, 0) is 16.2 Å². The molecular formula is C26H23ClFNO4. The van der Waals surface area contributed by atoms with E-state index in [1.165, 1.54) is 12.1 Å². The van der Waals surface area contributed by atoms with E-state index >= 15 is 0 Å². The van der Waals surface area contributed by atoms with Crippen LogP contribution >= 0.6 is 11.6 Å². The lowest BCUT2D eigenvalue weighted by atomic mass is 9.79. The molecule has 0 N–H and O–H groups in total.